The van der Waals surface area contributed by atoms with Crippen molar-refractivity contribution in [2.24, 2.45) is 0 Å². The van der Waals surface area contributed by atoms with Gasteiger partial charge in [0.2, 0.25) is 0 Å². The van der Waals surface area contributed by atoms with Crippen LogP contribution in [0, 0.1) is 0 Å². The van der Waals surface area contributed by atoms with Gasteiger partial charge in [-0.05, 0) is 29.6 Å². The highest BCUT2D eigenvalue weighted by atomic mass is 35.5. The molecule has 0 saturated heterocycles. The molecular formula is C12H8Cl2OS2. The molecule has 0 unspecified atom stereocenters. The van der Waals surface area contributed by atoms with E-state index in [4.69, 9.17) is 23.2 Å². The lowest BCUT2D eigenvalue weighted by Crippen LogP contribution is -2.02. The normalized spacial score (nSPS) is 10.5. The molecule has 0 atom stereocenters. The van der Waals surface area contributed by atoms with Crippen molar-refractivity contribution in [3.05, 3.63) is 51.3 Å². The highest BCUT2D eigenvalue weighted by molar-refractivity contribution is 8.01. The van der Waals surface area contributed by atoms with Crippen molar-refractivity contribution in [3.8, 4) is 0 Å². The Hall–Kier alpha value is -0.480. The van der Waals surface area contributed by atoms with E-state index in [9.17, 15) is 4.79 Å². The molecule has 0 N–H and O–H groups in total. The number of hydrogen-bond acceptors (Lipinski definition) is 3. The number of halogens is 2. The van der Waals surface area contributed by atoms with E-state index < -0.39 is 0 Å². The molecule has 2 aromatic rings. The van der Waals surface area contributed by atoms with E-state index in [1.165, 1.54) is 11.8 Å². The summed E-state index contributed by atoms with van der Waals surface area (Å²) >= 11 is 14.9. The fourth-order valence-electron chi connectivity index (χ4n) is 1.28. The molecule has 0 fully saturated rings. The Labute approximate surface area is 118 Å². The maximum atomic E-state index is 11.9. The van der Waals surface area contributed by atoms with Gasteiger partial charge in [-0.1, -0.05) is 29.3 Å². The lowest BCUT2D eigenvalue weighted by Gasteiger charge is -2.03. The molecule has 1 aromatic carbocycles. The zero-order valence-electron chi connectivity index (χ0n) is 8.65. The first kappa shape index (κ1) is 13.0. The van der Waals surface area contributed by atoms with Crippen LogP contribution in [-0.2, 0) is 0 Å². The number of thioether (sulfide) groups is 1. The topological polar surface area (TPSA) is 17.1 Å². The number of Topliss-reactive ketones (excluding diaryl/α,β-unsaturated/α-hetero) is 1. The Kier molecular flexibility index (Phi) is 4.51. The van der Waals surface area contributed by atoms with Gasteiger partial charge in [0.15, 0.2) is 5.78 Å². The smallest absolute Gasteiger partial charge is 0.174 e. The van der Waals surface area contributed by atoms with E-state index in [2.05, 4.69) is 0 Å². The van der Waals surface area contributed by atoms with Crippen molar-refractivity contribution in [1.29, 1.82) is 0 Å². The predicted octanol–water partition coefficient (Wildman–Crippen LogP) is 5.03. The van der Waals surface area contributed by atoms with Crippen LogP contribution in [0.5, 0.6) is 0 Å². The van der Waals surface area contributed by atoms with Gasteiger partial charge in [-0.2, -0.15) is 0 Å². The fourth-order valence-corrected chi connectivity index (χ4v) is 3.46. The minimum atomic E-state index is 0.0186. The molecule has 1 nitrogen and oxygen atoms in total. The average molecular weight is 303 g/mol. The average Bonchev–Trinajstić information content (AvgIpc) is 2.78. The number of ketones is 1. The quantitative estimate of drug-likeness (QED) is 0.582. The third-order valence-corrected chi connectivity index (χ3v) is 4.75. The number of hydrogen-bond donors (Lipinski definition) is 0. The monoisotopic (exact) mass is 302 g/mol. The summed E-state index contributed by atoms with van der Waals surface area (Å²) in [5.41, 5.74) is 0.528. The second-order valence-corrected chi connectivity index (χ2v) is 6.34. The van der Waals surface area contributed by atoms with Crippen molar-refractivity contribution < 1.29 is 4.79 Å². The van der Waals surface area contributed by atoms with Crippen LogP contribution in [0.3, 0.4) is 0 Å². The van der Waals surface area contributed by atoms with Gasteiger partial charge in [0.05, 0.1) is 15.0 Å². The summed E-state index contributed by atoms with van der Waals surface area (Å²) in [4.78, 5) is 11.9. The van der Waals surface area contributed by atoms with Crippen molar-refractivity contribution >= 4 is 52.1 Å². The van der Waals surface area contributed by atoms with Gasteiger partial charge in [0.1, 0.15) is 0 Å². The molecule has 17 heavy (non-hydrogen) atoms. The summed E-state index contributed by atoms with van der Waals surface area (Å²) in [5.74, 6) is 0.409. The molecule has 0 amide bonds. The third-order valence-electron chi connectivity index (χ3n) is 2.07. The molecule has 0 radical (unpaired) electrons. The molecular weight excluding hydrogens is 295 g/mol. The number of carbonyl (C=O) groups is 1. The van der Waals surface area contributed by atoms with Crippen LogP contribution in [0.15, 0.2) is 39.9 Å². The van der Waals surface area contributed by atoms with Crippen LogP contribution < -0.4 is 0 Å². The SMILES string of the molecule is O=C(CSc1cccs1)c1ccc(Cl)cc1Cl. The second kappa shape index (κ2) is 5.91. The van der Waals surface area contributed by atoms with Crippen LogP contribution in [-0.4, -0.2) is 11.5 Å². The van der Waals surface area contributed by atoms with Crippen LogP contribution in [0.2, 0.25) is 10.0 Å². The minimum Gasteiger partial charge on any atom is -0.293 e. The molecule has 88 valence electrons. The highest BCUT2D eigenvalue weighted by Crippen LogP contribution is 2.26. The zero-order valence-corrected chi connectivity index (χ0v) is 11.8. The molecule has 0 spiro atoms. The summed E-state index contributed by atoms with van der Waals surface area (Å²) < 4.78 is 1.13. The van der Waals surface area contributed by atoms with Crippen molar-refractivity contribution in [2.75, 3.05) is 5.75 Å². The molecule has 0 bridgehead atoms. The number of benzene rings is 1. The van der Waals surface area contributed by atoms with Crippen molar-refractivity contribution in [3.63, 3.8) is 0 Å². The predicted molar refractivity (Wildman–Crippen MR) is 75.8 cm³/mol. The Balaban J connectivity index is 2.04. The van der Waals surface area contributed by atoms with E-state index in [1.54, 1.807) is 29.5 Å². The summed E-state index contributed by atoms with van der Waals surface area (Å²) in [6.45, 7) is 0. The Morgan fingerprint density at radius 2 is 2.12 bits per heavy atom. The molecule has 5 heteroatoms. The van der Waals surface area contributed by atoms with Gasteiger partial charge < -0.3 is 0 Å². The van der Waals surface area contributed by atoms with Crippen LogP contribution in [0.1, 0.15) is 10.4 Å². The Morgan fingerprint density at radius 1 is 1.29 bits per heavy atom. The van der Waals surface area contributed by atoms with E-state index in [0.29, 0.717) is 21.4 Å². The van der Waals surface area contributed by atoms with Crippen LogP contribution in [0.4, 0.5) is 0 Å². The molecule has 1 heterocycles. The maximum Gasteiger partial charge on any atom is 0.174 e. The van der Waals surface area contributed by atoms with Gasteiger partial charge >= 0.3 is 0 Å². The minimum absolute atomic E-state index is 0.0186. The summed E-state index contributed by atoms with van der Waals surface area (Å²) in [7, 11) is 0. The van der Waals surface area contributed by atoms with E-state index in [1.807, 2.05) is 17.5 Å². The summed E-state index contributed by atoms with van der Waals surface area (Å²) in [5, 5.41) is 2.94. The molecule has 0 aliphatic heterocycles. The van der Waals surface area contributed by atoms with E-state index >= 15 is 0 Å². The number of carbonyl (C=O) groups excluding carboxylic acids is 1. The molecule has 0 saturated carbocycles. The Bertz CT molecular complexity index is 523. The van der Waals surface area contributed by atoms with Crippen molar-refractivity contribution in [1.82, 2.24) is 0 Å². The standard InChI is InChI=1S/C12H8Cl2OS2/c13-8-3-4-9(10(14)6-8)11(15)7-17-12-2-1-5-16-12/h1-6H,7H2. The van der Waals surface area contributed by atoms with Gasteiger partial charge in [-0.25, -0.2) is 0 Å². The molecule has 1 aromatic heterocycles. The molecule has 2 rings (SSSR count). The van der Waals surface area contributed by atoms with Crippen LogP contribution in [0.25, 0.3) is 0 Å². The van der Waals surface area contributed by atoms with Gasteiger partial charge in [-0.15, -0.1) is 23.1 Å². The van der Waals surface area contributed by atoms with Gasteiger partial charge in [0.25, 0.3) is 0 Å². The summed E-state index contributed by atoms with van der Waals surface area (Å²) in [6, 6.07) is 8.89. The third kappa shape index (κ3) is 3.49. The van der Waals surface area contributed by atoms with Crippen LogP contribution >= 0.6 is 46.3 Å². The molecule has 0 aliphatic rings. The van der Waals surface area contributed by atoms with Gasteiger partial charge in [0, 0.05) is 10.6 Å². The first-order valence-electron chi connectivity index (χ1n) is 4.81. The summed E-state index contributed by atoms with van der Waals surface area (Å²) in [6.07, 6.45) is 0. The Morgan fingerprint density at radius 3 is 2.76 bits per heavy atom. The fraction of sp³-hybridized carbons (Fsp3) is 0.0833. The van der Waals surface area contributed by atoms with E-state index in [-0.39, 0.29) is 5.78 Å². The molecule has 0 aliphatic carbocycles. The number of rotatable bonds is 4. The van der Waals surface area contributed by atoms with Gasteiger partial charge in [-0.3, -0.25) is 4.79 Å². The second-order valence-electron chi connectivity index (χ2n) is 3.27. The van der Waals surface area contributed by atoms with E-state index in [0.717, 1.165) is 4.21 Å². The first-order chi connectivity index (χ1) is 8.16. The number of thiophene rings is 1. The first-order valence-corrected chi connectivity index (χ1v) is 7.43. The maximum absolute atomic E-state index is 11.9. The largest absolute Gasteiger partial charge is 0.293 e. The zero-order chi connectivity index (χ0) is 12.3. The lowest BCUT2D eigenvalue weighted by molar-refractivity contribution is 0.102. The highest BCUT2D eigenvalue weighted by Gasteiger charge is 2.11. The lowest BCUT2D eigenvalue weighted by atomic mass is 10.1. The van der Waals surface area contributed by atoms with Crippen molar-refractivity contribution in [2.45, 2.75) is 4.21 Å².